The SMILES string of the molecule is CCc1cc(OC(=O)c2ccc(Cl)cc2)n(-c2cccc(C)c2C)n1. The highest BCUT2D eigenvalue weighted by Crippen LogP contribution is 2.25. The van der Waals surface area contributed by atoms with E-state index in [9.17, 15) is 4.79 Å². The summed E-state index contributed by atoms with van der Waals surface area (Å²) in [5, 5.41) is 5.15. The smallest absolute Gasteiger partial charge is 0.344 e. The molecule has 3 rings (SSSR count). The highest BCUT2D eigenvalue weighted by atomic mass is 35.5. The monoisotopic (exact) mass is 354 g/mol. The van der Waals surface area contributed by atoms with Gasteiger partial charge in [0.15, 0.2) is 0 Å². The van der Waals surface area contributed by atoms with Crippen molar-refractivity contribution in [3.8, 4) is 11.6 Å². The summed E-state index contributed by atoms with van der Waals surface area (Å²) in [6.07, 6.45) is 0.753. The van der Waals surface area contributed by atoms with Crippen molar-refractivity contribution in [3.05, 3.63) is 75.9 Å². The summed E-state index contributed by atoms with van der Waals surface area (Å²) in [7, 11) is 0. The summed E-state index contributed by atoms with van der Waals surface area (Å²) >= 11 is 5.87. The number of esters is 1. The first kappa shape index (κ1) is 17.2. The van der Waals surface area contributed by atoms with Crippen LogP contribution in [0.5, 0.6) is 5.88 Å². The molecule has 3 aromatic rings. The van der Waals surface area contributed by atoms with Crippen LogP contribution in [0.25, 0.3) is 5.69 Å². The molecule has 0 aliphatic rings. The first-order valence-corrected chi connectivity index (χ1v) is 8.50. The number of hydrogen-bond donors (Lipinski definition) is 0. The normalized spacial score (nSPS) is 10.7. The third-order valence-corrected chi connectivity index (χ3v) is 4.42. The number of carbonyl (C=O) groups excluding carboxylic acids is 1. The molecule has 0 spiro atoms. The molecule has 0 fully saturated rings. The Bertz CT molecular complexity index is 914. The van der Waals surface area contributed by atoms with Crippen LogP contribution in [0, 0.1) is 13.8 Å². The van der Waals surface area contributed by atoms with E-state index in [1.54, 1.807) is 35.0 Å². The second-order valence-electron chi connectivity index (χ2n) is 5.85. The molecule has 0 saturated heterocycles. The number of halogens is 1. The lowest BCUT2D eigenvalue weighted by atomic mass is 10.1. The molecule has 0 aliphatic carbocycles. The van der Waals surface area contributed by atoms with Gasteiger partial charge in [-0.2, -0.15) is 5.10 Å². The predicted molar refractivity (Wildman–Crippen MR) is 98.8 cm³/mol. The molecule has 0 amide bonds. The molecular formula is C20H19ClN2O2. The Labute approximate surface area is 152 Å². The average Bonchev–Trinajstić information content (AvgIpc) is 3.00. The number of ether oxygens (including phenoxy) is 1. The van der Waals surface area contributed by atoms with Gasteiger partial charge in [0, 0.05) is 11.1 Å². The molecule has 4 nitrogen and oxygen atoms in total. The zero-order valence-corrected chi connectivity index (χ0v) is 15.2. The van der Waals surface area contributed by atoms with E-state index in [2.05, 4.69) is 5.10 Å². The second-order valence-corrected chi connectivity index (χ2v) is 6.29. The summed E-state index contributed by atoms with van der Waals surface area (Å²) in [4.78, 5) is 12.5. The van der Waals surface area contributed by atoms with E-state index in [0.29, 0.717) is 16.5 Å². The standard InChI is InChI=1S/C20H19ClN2O2/c1-4-17-12-19(25-20(24)15-8-10-16(21)11-9-15)23(22-17)18-7-5-6-13(2)14(18)3/h5-12H,4H2,1-3H3. The van der Waals surface area contributed by atoms with Crippen LogP contribution in [0.2, 0.25) is 5.02 Å². The van der Waals surface area contributed by atoms with E-state index in [4.69, 9.17) is 16.3 Å². The highest BCUT2D eigenvalue weighted by molar-refractivity contribution is 6.30. The van der Waals surface area contributed by atoms with Crippen molar-refractivity contribution >= 4 is 17.6 Å². The molecule has 0 radical (unpaired) electrons. The third-order valence-electron chi connectivity index (χ3n) is 4.17. The highest BCUT2D eigenvalue weighted by Gasteiger charge is 2.17. The molecule has 1 heterocycles. The third kappa shape index (κ3) is 3.59. The number of aromatic nitrogens is 2. The number of hydrogen-bond acceptors (Lipinski definition) is 3. The largest absolute Gasteiger partial charge is 0.404 e. The van der Waals surface area contributed by atoms with Crippen molar-refractivity contribution in [1.29, 1.82) is 0 Å². The van der Waals surface area contributed by atoms with Gasteiger partial charge in [-0.05, 0) is 61.7 Å². The van der Waals surface area contributed by atoms with Crippen molar-refractivity contribution in [1.82, 2.24) is 9.78 Å². The van der Waals surface area contributed by atoms with Gasteiger partial charge in [0.05, 0.1) is 16.9 Å². The van der Waals surface area contributed by atoms with Crippen LogP contribution in [-0.2, 0) is 6.42 Å². The summed E-state index contributed by atoms with van der Waals surface area (Å²) in [6.45, 7) is 6.09. The van der Waals surface area contributed by atoms with Crippen LogP contribution in [0.3, 0.4) is 0 Å². The van der Waals surface area contributed by atoms with Crippen molar-refractivity contribution < 1.29 is 9.53 Å². The Balaban J connectivity index is 1.99. The molecule has 5 heteroatoms. The number of rotatable bonds is 4. The van der Waals surface area contributed by atoms with Crippen molar-refractivity contribution in [2.24, 2.45) is 0 Å². The lowest BCUT2D eigenvalue weighted by molar-refractivity contribution is 0.0723. The van der Waals surface area contributed by atoms with Crippen LogP contribution in [0.4, 0.5) is 0 Å². The zero-order valence-electron chi connectivity index (χ0n) is 14.4. The maximum atomic E-state index is 12.5. The van der Waals surface area contributed by atoms with Crippen LogP contribution in [0.1, 0.15) is 34.1 Å². The Kier molecular flexibility index (Phi) is 4.91. The number of nitrogens with zero attached hydrogens (tertiary/aromatic N) is 2. The van der Waals surface area contributed by atoms with E-state index in [1.807, 2.05) is 39.0 Å². The van der Waals surface area contributed by atoms with E-state index in [1.165, 1.54) is 0 Å². The van der Waals surface area contributed by atoms with Gasteiger partial charge < -0.3 is 4.74 Å². The van der Waals surface area contributed by atoms with Gasteiger partial charge in [-0.3, -0.25) is 0 Å². The van der Waals surface area contributed by atoms with E-state index < -0.39 is 5.97 Å². The second kappa shape index (κ2) is 7.11. The maximum Gasteiger partial charge on any atom is 0.344 e. The minimum Gasteiger partial charge on any atom is -0.404 e. The lowest BCUT2D eigenvalue weighted by Gasteiger charge is -2.12. The molecule has 0 N–H and O–H groups in total. The minimum atomic E-state index is -0.439. The molecule has 128 valence electrons. The van der Waals surface area contributed by atoms with E-state index in [-0.39, 0.29) is 0 Å². The molecule has 0 unspecified atom stereocenters. The molecule has 0 aliphatic heterocycles. The fourth-order valence-corrected chi connectivity index (χ4v) is 2.66. The molecule has 2 aromatic carbocycles. The van der Waals surface area contributed by atoms with Gasteiger partial charge in [0.1, 0.15) is 0 Å². The molecule has 0 bridgehead atoms. The number of aryl methyl sites for hydroxylation is 2. The molecular weight excluding hydrogens is 336 g/mol. The molecule has 0 atom stereocenters. The summed E-state index contributed by atoms with van der Waals surface area (Å²) in [6, 6.07) is 14.4. The summed E-state index contributed by atoms with van der Waals surface area (Å²) < 4.78 is 7.31. The Morgan fingerprint density at radius 1 is 1.16 bits per heavy atom. The van der Waals surface area contributed by atoms with Crippen molar-refractivity contribution in [2.45, 2.75) is 27.2 Å². The van der Waals surface area contributed by atoms with Crippen LogP contribution in [0.15, 0.2) is 48.5 Å². The van der Waals surface area contributed by atoms with Gasteiger partial charge in [-0.25, -0.2) is 9.48 Å². The van der Waals surface area contributed by atoms with Crippen molar-refractivity contribution in [3.63, 3.8) is 0 Å². The van der Waals surface area contributed by atoms with Gasteiger partial charge in [-0.1, -0.05) is 30.7 Å². The Morgan fingerprint density at radius 2 is 1.88 bits per heavy atom. The van der Waals surface area contributed by atoms with Crippen LogP contribution < -0.4 is 4.74 Å². The minimum absolute atomic E-state index is 0.408. The quantitative estimate of drug-likeness (QED) is 0.624. The number of benzene rings is 2. The molecule has 25 heavy (non-hydrogen) atoms. The van der Waals surface area contributed by atoms with Gasteiger partial charge in [0.25, 0.3) is 0 Å². The first-order valence-electron chi connectivity index (χ1n) is 8.13. The van der Waals surface area contributed by atoms with Gasteiger partial charge in [0.2, 0.25) is 5.88 Å². The lowest BCUT2D eigenvalue weighted by Crippen LogP contribution is -2.12. The average molecular weight is 355 g/mol. The van der Waals surface area contributed by atoms with E-state index >= 15 is 0 Å². The van der Waals surface area contributed by atoms with Gasteiger partial charge >= 0.3 is 5.97 Å². The van der Waals surface area contributed by atoms with Crippen LogP contribution in [-0.4, -0.2) is 15.7 Å². The fourth-order valence-electron chi connectivity index (χ4n) is 2.53. The summed E-state index contributed by atoms with van der Waals surface area (Å²) in [5.74, 6) is -0.0312. The zero-order chi connectivity index (χ0) is 18.0. The first-order chi connectivity index (χ1) is 12.0. The maximum absolute atomic E-state index is 12.5. The fraction of sp³-hybridized carbons (Fsp3) is 0.200. The molecule has 1 aromatic heterocycles. The van der Waals surface area contributed by atoms with Crippen molar-refractivity contribution in [2.75, 3.05) is 0 Å². The number of carbonyl (C=O) groups is 1. The predicted octanol–water partition coefficient (Wildman–Crippen LogP) is 4.92. The molecule has 0 saturated carbocycles. The Morgan fingerprint density at radius 3 is 2.56 bits per heavy atom. The Hall–Kier alpha value is -2.59. The summed E-state index contributed by atoms with van der Waals surface area (Å²) in [5.41, 5.74) is 4.45. The van der Waals surface area contributed by atoms with Crippen LogP contribution >= 0.6 is 11.6 Å². The van der Waals surface area contributed by atoms with Gasteiger partial charge in [-0.15, -0.1) is 0 Å². The topological polar surface area (TPSA) is 44.1 Å². The van der Waals surface area contributed by atoms with E-state index in [0.717, 1.165) is 28.9 Å².